The number of benzene rings is 1. The number of hydrogen-bond donors (Lipinski definition) is 1. The van der Waals surface area contributed by atoms with Crippen LogP contribution in [0.4, 0.5) is 0 Å². The van der Waals surface area contributed by atoms with Gasteiger partial charge in [0.05, 0.1) is 5.69 Å². The van der Waals surface area contributed by atoms with Crippen molar-refractivity contribution in [1.29, 1.82) is 0 Å². The average Bonchev–Trinajstić information content (AvgIpc) is 2.37. The molecule has 0 aliphatic rings. The van der Waals surface area contributed by atoms with Crippen LogP contribution in [0.3, 0.4) is 0 Å². The molecule has 1 aromatic heterocycles. The number of carbonyl (C=O) groups is 1. The van der Waals surface area contributed by atoms with Crippen LogP contribution in [-0.2, 0) is 5.75 Å². The molecule has 0 fully saturated rings. The van der Waals surface area contributed by atoms with Crippen molar-refractivity contribution in [1.82, 2.24) is 4.98 Å². The number of thioether (sulfide) groups is 1. The van der Waals surface area contributed by atoms with Gasteiger partial charge in [0.25, 0.3) is 0 Å². The highest BCUT2D eigenvalue weighted by atomic mass is 35.5. The second kappa shape index (κ2) is 5.89. The topological polar surface area (TPSA) is 50.2 Å². The molecule has 0 saturated heterocycles. The van der Waals surface area contributed by atoms with E-state index in [1.165, 1.54) is 6.07 Å². The van der Waals surface area contributed by atoms with Crippen molar-refractivity contribution in [3.05, 3.63) is 58.9 Å². The average molecular weight is 280 g/mol. The zero-order valence-corrected chi connectivity index (χ0v) is 10.9. The van der Waals surface area contributed by atoms with Crippen LogP contribution in [0.25, 0.3) is 0 Å². The lowest BCUT2D eigenvalue weighted by molar-refractivity contribution is 0.0690. The van der Waals surface area contributed by atoms with Crippen LogP contribution in [0.15, 0.2) is 47.4 Å². The Bertz CT molecular complexity index is 574. The van der Waals surface area contributed by atoms with Crippen LogP contribution >= 0.6 is 23.4 Å². The quantitative estimate of drug-likeness (QED) is 0.867. The third-order valence-corrected chi connectivity index (χ3v) is 3.47. The van der Waals surface area contributed by atoms with Crippen molar-refractivity contribution in [3.8, 4) is 0 Å². The van der Waals surface area contributed by atoms with Crippen LogP contribution < -0.4 is 0 Å². The summed E-state index contributed by atoms with van der Waals surface area (Å²) < 4.78 is 0. The summed E-state index contributed by atoms with van der Waals surface area (Å²) in [6.45, 7) is 0. The molecular weight excluding hydrogens is 270 g/mol. The summed E-state index contributed by atoms with van der Waals surface area (Å²) in [7, 11) is 0. The minimum atomic E-state index is -1.01. The van der Waals surface area contributed by atoms with E-state index in [-0.39, 0.29) is 5.69 Å². The number of carboxylic acids is 1. The standard InChI is InChI=1S/C13H10ClNO2S/c14-9-3-1-5-11(7-9)18-8-10-4-2-6-12(15-10)13(16)17/h1-7H,8H2,(H,16,17). The van der Waals surface area contributed by atoms with E-state index in [1.54, 1.807) is 17.8 Å². The van der Waals surface area contributed by atoms with Gasteiger partial charge >= 0.3 is 5.97 Å². The second-order valence-electron chi connectivity index (χ2n) is 3.57. The maximum Gasteiger partial charge on any atom is 0.354 e. The Morgan fingerprint density at radius 3 is 2.78 bits per heavy atom. The molecule has 2 aromatic rings. The summed E-state index contributed by atoms with van der Waals surface area (Å²) in [5.74, 6) is -0.397. The first-order valence-corrected chi connectivity index (χ1v) is 6.59. The molecule has 0 radical (unpaired) electrons. The molecule has 0 unspecified atom stereocenters. The molecule has 0 aliphatic carbocycles. The third kappa shape index (κ3) is 3.48. The molecule has 0 saturated carbocycles. The molecule has 92 valence electrons. The van der Waals surface area contributed by atoms with E-state index >= 15 is 0 Å². The van der Waals surface area contributed by atoms with E-state index in [4.69, 9.17) is 16.7 Å². The van der Waals surface area contributed by atoms with Crippen molar-refractivity contribution in [2.75, 3.05) is 0 Å². The zero-order chi connectivity index (χ0) is 13.0. The van der Waals surface area contributed by atoms with Crippen LogP contribution in [0, 0.1) is 0 Å². The van der Waals surface area contributed by atoms with Gasteiger partial charge in [-0.25, -0.2) is 9.78 Å². The second-order valence-corrected chi connectivity index (χ2v) is 5.05. The van der Waals surface area contributed by atoms with E-state index in [2.05, 4.69) is 4.98 Å². The summed E-state index contributed by atoms with van der Waals surface area (Å²) in [4.78, 5) is 15.9. The maximum absolute atomic E-state index is 10.8. The molecular formula is C13H10ClNO2S. The molecule has 2 rings (SSSR count). The molecule has 1 aromatic carbocycles. The van der Waals surface area contributed by atoms with Gasteiger partial charge in [-0.1, -0.05) is 23.7 Å². The van der Waals surface area contributed by atoms with Crippen molar-refractivity contribution in [2.24, 2.45) is 0 Å². The van der Waals surface area contributed by atoms with Gasteiger partial charge in [-0.2, -0.15) is 0 Å². The molecule has 0 aliphatic heterocycles. The summed E-state index contributed by atoms with van der Waals surface area (Å²) in [5.41, 5.74) is 0.805. The van der Waals surface area contributed by atoms with Gasteiger partial charge in [-0.15, -0.1) is 11.8 Å². The molecule has 3 nitrogen and oxygen atoms in total. The molecule has 1 heterocycles. The number of aromatic nitrogens is 1. The lowest BCUT2D eigenvalue weighted by Crippen LogP contribution is -2.01. The van der Waals surface area contributed by atoms with E-state index in [0.717, 1.165) is 10.6 Å². The van der Waals surface area contributed by atoms with Gasteiger partial charge < -0.3 is 5.11 Å². The highest BCUT2D eigenvalue weighted by molar-refractivity contribution is 7.98. The van der Waals surface area contributed by atoms with E-state index in [9.17, 15) is 4.79 Å². The van der Waals surface area contributed by atoms with Gasteiger partial charge in [0, 0.05) is 15.7 Å². The molecule has 18 heavy (non-hydrogen) atoms. The monoisotopic (exact) mass is 279 g/mol. The Labute approximate surface area is 114 Å². The van der Waals surface area contributed by atoms with E-state index in [0.29, 0.717) is 10.8 Å². The normalized spacial score (nSPS) is 10.3. The number of pyridine rings is 1. The Kier molecular flexibility index (Phi) is 4.23. The molecule has 1 N–H and O–H groups in total. The minimum Gasteiger partial charge on any atom is -0.477 e. The van der Waals surface area contributed by atoms with Gasteiger partial charge in [-0.3, -0.25) is 0 Å². The Hall–Kier alpha value is -1.52. The Balaban J connectivity index is 2.06. The van der Waals surface area contributed by atoms with Crippen molar-refractivity contribution < 1.29 is 9.90 Å². The lowest BCUT2D eigenvalue weighted by Gasteiger charge is -2.03. The minimum absolute atomic E-state index is 0.0687. The Morgan fingerprint density at radius 2 is 2.06 bits per heavy atom. The smallest absolute Gasteiger partial charge is 0.354 e. The summed E-state index contributed by atoms with van der Waals surface area (Å²) in [5, 5.41) is 9.53. The van der Waals surface area contributed by atoms with E-state index < -0.39 is 5.97 Å². The van der Waals surface area contributed by atoms with Crippen LogP contribution in [-0.4, -0.2) is 16.1 Å². The molecule has 0 bridgehead atoms. The fourth-order valence-electron chi connectivity index (χ4n) is 1.39. The number of carboxylic acid groups (broad SMARTS) is 1. The summed E-state index contributed by atoms with van der Waals surface area (Å²) >= 11 is 7.45. The SMILES string of the molecule is O=C(O)c1cccc(CSc2cccc(Cl)c2)n1. The Morgan fingerprint density at radius 1 is 1.28 bits per heavy atom. The number of rotatable bonds is 4. The molecule has 0 atom stereocenters. The third-order valence-electron chi connectivity index (χ3n) is 2.21. The predicted molar refractivity (Wildman–Crippen MR) is 72.2 cm³/mol. The first kappa shape index (κ1) is 12.9. The van der Waals surface area contributed by atoms with Gasteiger partial charge in [0.1, 0.15) is 5.69 Å². The zero-order valence-electron chi connectivity index (χ0n) is 9.34. The number of nitrogens with zero attached hydrogens (tertiary/aromatic N) is 1. The number of hydrogen-bond acceptors (Lipinski definition) is 3. The number of halogens is 1. The molecule has 0 amide bonds. The fourth-order valence-corrected chi connectivity index (χ4v) is 2.51. The highest BCUT2D eigenvalue weighted by Gasteiger charge is 2.05. The van der Waals surface area contributed by atoms with Crippen LogP contribution in [0.2, 0.25) is 5.02 Å². The fraction of sp³-hybridized carbons (Fsp3) is 0.0769. The molecule has 0 spiro atoms. The van der Waals surface area contributed by atoms with E-state index in [1.807, 2.05) is 30.3 Å². The van der Waals surface area contributed by atoms with Gasteiger partial charge in [0.15, 0.2) is 0 Å². The van der Waals surface area contributed by atoms with Gasteiger partial charge in [-0.05, 0) is 30.3 Å². The lowest BCUT2D eigenvalue weighted by atomic mass is 10.3. The summed E-state index contributed by atoms with van der Waals surface area (Å²) in [6.07, 6.45) is 0. The van der Waals surface area contributed by atoms with Crippen molar-refractivity contribution >= 4 is 29.3 Å². The van der Waals surface area contributed by atoms with Crippen molar-refractivity contribution in [3.63, 3.8) is 0 Å². The largest absolute Gasteiger partial charge is 0.477 e. The summed E-state index contributed by atoms with van der Waals surface area (Å²) in [6, 6.07) is 12.5. The first-order chi connectivity index (χ1) is 8.65. The van der Waals surface area contributed by atoms with Crippen LogP contribution in [0.1, 0.15) is 16.2 Å². The van der Waals surface area contributed by atoms with Crippen LogP contribution in [0.5, 0.6) is 0 Å². The highest BCUT2D eigenvalue weighted by Crippen LogP contribution is 2.24. The number of aromatic carboxylic acids is 1. The maximum atomic E-state index is 10.8. The molecule has 5 heteroatoms. The van der Waals surface area contributed by atoms with Gasteiger partial charge in [0.2, 0.25) is 0 Å². The predicted octanol–water partition coefficient (Wildman–Crippen LogP) is 3.73. The first-order valence-electron chi connectivity index (χ1n) is 5.23. The van der Waals surface area contributed by atoms with Crippen molar-refractivity contribution in [2.45, 2.75) is 10.6 Å².